The van der Waals surface area contributed by atoms with E-state index in [1.807, 2.05) is 0 Å². The molecule has 0 saturated carbocycles. The second kappa shape index (κ2) is 3.88. The molecule has 0 aliphatic heterocycles. The van der Waals surface area contributed by atoms with E-state index in [2.05, 4.69) is 0 Å². The first-order chi connectivity index (χ1) is 4.46. The molecular weight excluding hydrogens is 132 g/mol. The highest BCUT2D eigenvalue weighted by atomic mass is 16.3. The first-order valence-corrected chi connectivity index (χ1v) is 3.25. The van der Waals surface area contributed by atoms with Crippen molar-refractivity contribution in [1.82, 2.24) is 4.90 Å². The molecule has 0 spiro atoms. The fraction of sp³-hybridized carbons (Fsp3) is 1.00. The van der Waals surface area contributed by atoms with Gasteiger partial charge >= 0.3 is 0 Å². The summed E-state index contributed by atoms with van der Waals surface area (Å²) in [4.78, 5) is 1.55. The maximum absolute atomic E-state index is 9.21. The number of aliphatic hydroxyl groups is 2. The average Bonchev–Trinajstić information content (AvgIpc) is 1.84. The number of nitrogens with zero attached hydrogens (tertiary/aromatic N) is 1. The van der Waals surface area contributed by atoms with Gasteiger partial charge in [0.1, 0.15) is 6.23 Å². The van der Waals surface area contributed by atoms with Crippen molar-refractivity contribution in [1.29, 1.82) is 0 Å². The molecule has 0 fully saturated rings. The smallest absolute Gasteiger partial charge is 0.124 e. The van der Waals surface area contributed by atoms with E-state index < -0.39 is 18.4 Å². The molecule has 0 unspecified atom stereocenters. The summed E-state index contributed by atoms with van der Waals surface area (Å²) in [5.41, 5.74) is 5.42. The van der Waals surface area contributed by atoms with Gasteiger partial charge in [0.05, 0.1) is 12.1 Å². The third kappa shape index (κ3) is 2.62. The summed E-state index contributed by atoms with van der Waals surface area (Å²) in [5.74, 6) is 0. The Morgan fingerprint density at radius 3 is 1.80 bits per heavy atom. The van der Waals surface area contributed by atoms with Gasteiger partial charge in [0.15, 0.2) is 0 Å². The molecule has 0 aliphatic carbocycles. The van der Waals surface area contributed by atoms with Crippen molar-refractivity contribution >= 4 is 0 Å². The lowest BCUT2D eigenvalue weighted by Crippen LogP contribution is -2.50. The Morgan fingerprint density at radius 2 is 1.70 bits per heavy atom. The Hall–Kier alpha value is -0.160. The van der Waals surface area contributed by atoms with Crippen LogP contribution in [0, 0.1) is 0 Å². The van der Waals surface area contributed by atoms with Crippen molar-refractivity contribution < 1.29 is 10.2 Å². The number of hydrogen-bond acceptors (Lipinski definition) is 4. The molecule has 4 heteroatoms. The van der Waals surface area contributed by atoms with Gasteiger partial charge in [-0.3, -0.25) is 4.90 Å². The molecule has 0 rings (SSSR count). The van der Waals surface area contributed by atoms with Gasteiger partial charge in [-0.15, -0.1) is 0 Å². The normalized spacial score (nSPS) is 20.7. The van der Waals surface area contributed by atoms with E-state index in [1.54, 1.807) is 25.9 Å². The molecule has 0 aliphatic rings. The summed E-state index contributed by atoms with van der Waals surface area (Å²) in [6, 6.07) is -0.602. The molecule has 0 bridgehead atoms. The molecule has 3 atom stereocenters. The molecule has 10 heavy (non-hydrogen) atoms. The predicted octanol–water partition coefficient (Wildman–Crippen LogP) is -1.43. The minimum atomic E-state index is -0.778. The quantitative estimate of drug-likeness (QED) is 0.429. The SMILES string of the molecule is C[C@H](O)[C@H](N)[C@H](O)N(C)C. The van der Waals surface area contributed by atoms with Crippen molar-refractivity contribution in [2.24, 2.45) is 5.73 Å². The minimum Gasteiger partial charge on any atom is -0.392 e. The van der Waals surface area contributed by atoms with Gasteiger partial charge < -0.3 is 15.9 Å². The number of likely N-dealkylation sites (N-methyl/N-ethyl adjacent to an activating group) is 1. The number of aliphatic hydroxyl groups excluding tert-OH is 2. The molecular formula is C6H16N2O2. The van der Waals surface area contributed by atoms with Crippen molar-refractivity contribution in [3.8, 4) is 0 Å². The average molecular weight is 148 g/mol. The summed E-state index contributed by atoms with van der Waals surface area (Å²) in [7, 11) is 3.40. The van der Waals surface area contributed by atoms with Gasteiger partial charge in [-0.25, -0.2) is 0 Å². The van der Waals surface area contributed by atoms with Gasteiger partial charge in [-0.1, -0.05) is 0 Å². The van der Waals surface area contributed by atoms with Crippen LogP contribution >= 0.6 is 0 Å². The highest BCUT2D eigenvalue weighted by molar-refractivity contribution is 4.74. The Bertz CT molecular complexity index is 83.7. The molecule has 0 radical (unpaired) electrons. The minimum absolute atomic E-state index is 0.602. The largest absolute Gasteiger partial charge is 0.392 e. The van der Waals surface area contributed by atoms with E-state index in [1.165, 1.54) is 0 Å². The van der Waals surface area contributed by atoms with Crippen LogP contribution in [0.15, 0.2) is 0 Å². The highest BCUT2D eigenvalue weighted by Gasteiger charge is 2.20. The fourth-order valence-corrected chi connectivity index (χ4v) is 0.593. The van der Waals surface area contributed by atoms with E-state index in [-0.39, 0.29) is 0 Å². The van der Waals surface area contributed by atoms with Gasteiger partial charge in [0.2, 0.25) is 0 Å². The molecule has 4 N–H and O–H groups in total. The second-order valence-electron chi connectivity index (χ2n) is 2.70. The lowest BCUT2D eigenvalue weighted by atomic mass is 10.1. The maximum Gasteiger partial charge on any atom is 0.124 e. The first-order valence-electron chi connectivity index (χ1n) is 3.25. The van der Waals surface area contributed by atoms with Gasteiger partial charge in [0, 0.05) is 0 Å². The van der Waals surface area contributed by atoms with Crippen molar-refractivity contribution in [3.63, 3.8) is 0 Å². The van der Waals surface area contributed by atoms with Crippen LogP contribution in [-0.4, -0.2) is 47.6 Å². The molecule has 0 aromatic heterocycles. The van der Waals surface area contributed by atoms with Crippen molar-refractivity contribution in [3.05, 3.63) is 0 Å². The first kappa shape index (κ1) is 9.84. The fourth-order valence-electron chi connectivity index (χ4n) is 0.593. The topological polar surface area (TPSA) is 69.7 Å². The number of rotatable bonds is 3. The van der Waals surface area contributed by atoms with E-state index in [4.69, 9.17) is 10.8 Å². The zero-order valence-electron chi connectivity index (χ0n) is 6.65. The standard InChI is InChI=1S/C6H16N2O2/c1-4(9)5(7)6(10)8(2)3/h4-6,9-10H,7H2,1-3H3/t4-,5-,6-/m0/s1. The van der Waals surface area contributed by atoms with Crippen LogP contribution in [-0.2, 0) is 0 Å². The van der Waals surface area contributed by atoms with Crippen LogP contribution < -0.4 is 5.73 Å². The van der Waals surface area contributed by atoms with Crippen LogP contribution in [0.2, 0.25) is 0 Å². The van der Waals surface area contributed by atoms with Gasteiger partial charge in [-0.2, -0.15) is 0 Å². The van der Waals surface area contributed by atoms with E-state index in [9.17, 15) is 5.11 Å². The summed E-state index contributed by atoms with van der Waals surface area (Å²) in [6.07, 6.45) is -1.46. The van der Waals surface area contributed by atoms with Gasteiger partial charge in [-0.05, 0) is 21.0 Å². The van der Waals surface area contributed by atoms with Crippen LogP contribution in [0.25, 0.3) is 0 Å². The van der Waals surface area contributed by atoms with Crippen LogP contribution in [0.5, 0.6) is 0 Å². The molecule has 62 valence electrons. The monoisotopic (exact) mass is 148 g/mol. The third-order valence-electron chi connectivity index (χ3n) is 1.43. The summed E-state index contributed by atoms with van der Waals surface area (Å²) in [6.45, 7) is 1.55. The Kier molecular flexibility index (Phi) is 3.81. The van der Waals surface area contributed by atoms with Crippen molar-refractivity contribution in [2.75, 3.05) is 14.1 Å². The van der Waals surface area contributed by atoms with Crippen LogP contribution in [0.1, 0.15) is 6.92 Å². The van der Waals surface area contributed by atoms with E-state index in [0.29, 0.717) is 0 Å². The zero-order valence-corrected chi connectivity index (χ0v) is 6.65. The Morgan fingerprint density at radius 1 is 1.30 bits per heavy atom. The summed E-state index contributed by atoms with van der Waals surface area (Å²) < 4.78 is 0. The molecule has 4 nitrogen and oxygen atoms in total. The summed E-state index contributed by atoms with van der Waals surface area (Å²) >= 11 is 0. The summed E-state index contributed by atoms with van der Waals surface area (Å²) in [5, 5.41) is 18.1. The lowest BCUT2D eigenvalue weighted by molar-refractivity contribution is -0.0187. The molecule has 0 amide bonds. The number of nitrogens with two attached hydrogens (primary N) is 1. The zero-order chi connectivity index (χ0) is 8.31. The van der Waals surface area contributed by atoms with Gasteiger partial charge in [0.25, 0.3) is 0 Å². The molecule has 0 aromatic carbocycles. The molecule has 0 heterocycles. The molecule has 0 aromatic rings. The van der Waals surface area contributed by atoms with E-state index in [0.717, 1.165) is 0 Å². The predicted molar refractivity (Wildman–Crippen MR) is 39.4 cm³/mol. The lowest BCUT2D eigenvalue weighted by Gasteiger charge is -2.26. The molecule has 0 saturated heterocycles. The van der Waals surface area contributed by atoms with E-state index >= 15 is 0 Å². The van der Waals surface area contributed by atoms with Crippen LogP contribution in [0.4, 0.5) is 0 Å². The Labute approximate surface area is 61.3 Å². The highest BCUT2D eigenvalue weighted by Crippen LogP contribution is 1.98. The maximum atomic E-state index is 9.21. The third-order valence-corrected chi connectivity index (χ3v) is 1.43. The Balaban J connectivity index is 3.81. The second-order valence-corrected chi connectivity index (χ2v) is 2.70. The van der Waals surface area contributed by atoms with Crippen LogP contribution in [0.3, 0.4) is 0 Å². The van der Waals surface area contributed by atoms with Crippen molar-refractivity contribution in [2.45, 2.75) is 25.3 Å². The number of hydrogen-bond donors (Lipinski definition) is 3.